The van der Waals surface area contributed by atoms with Crippen molar-refractivity contribution in [2.75, 3.05) is 0 Å². The van der Waals surface area contributed by atoms with Crippen molar-refractivity contribution in [3.63, 3.8) is 0 Å². The lowest BCUT2D eigenvalue weighted by Crippen LogP contribution is -2.15. The van der Waals surface area contributed by atoms with Gasteiger partial charge in [0.15, 0.2) is 0 Å². The number of hydrogen-bond acceptors (Lipinski definition) is 1. The van der Waals surface area contributed by atoms with Gasteiger partial charge in [-0.05, 0) is 49.9 Å². The van der Waals surface area contributed by atoms with E-state index in [1.165, 1.54) is 22.9 Å². The summed E-state index contributed by atoms with van der Waals surface area (Å²) < 4.78 is 2.33. The molecular formula is C15H16N2. The van der Waals surface area contributed by atoms with Crippen LogP contribution in [-0.4, -0.2) is 4.57 Å². The topological polar surface area (TPSA) is 28.7 Å². The van der Waals surface area contributed by atoms with Crippen LogP contribution >= 0.6 is 0 Å². The molecule has 2 heterocycles. The van der Waals surface area contributed by atoms with Gasteiger partial charge in [-0.2, -0.15) is 5.26 Å². The second-order valence-corrected chi connectivity index (χ2v) is 5.42. The van der Waals surface area contributed by atoms with Crippen LogP contribution in [0.25, 0.3) is 10.9 Å². The van der Waals surface area contributed by atoms with Crippen molar-refractivity contribution in [2.45, 2.75) is 38.6 Å². The number of hydrogen-bond donors (Lipinski definition) is 0. The Morgan fingerprint density at radius 3 is 2.94 bits per heavy atom. The first-order chi connectivity index (χ1) is 8.12. The molecule has 1 aromatic carbocycles. The number of nitrogens with zero attached hydrogens (tertiary/aromatic N) is 2. The fraction of sp³-hybridized carbons (Fsp3) is 0.400. The van der Waals surface area contributed by atoms with Gasteiger partial charge in [-0.1, -0.05) is 6.07 Å². The molecule has 0 N–H and O–H groups in total. The van der Waals surface area contributed by atoms with Gasteiger partial charge in [-0.3, -0.25) is 0 Å². The largest absolute Gasteiger partial charge is 0.347 e. The van der Waals surface area contributed by atoms with Crippen LogP contribution < -0.4 is 0 Å². The second kappa shape index (κ2) is 3.37. The Labute approximate surface area is 101 Å². The molecule has 0 saturated heterocycles. The van der Waals surface area contributed by atoms with Crippen LogP contribution in [0.1, 0.15) is 31.4 Å². The maximum Gasteiger partial charge on any atom is 0.0766 e. The maximum absolute atomic E-state index is 9.25. The van der Waals surface area contributed by atoms with Crippen LogP contribution in [-0.2, 0) is 18.4 Å². The van der Waals surface area contributed by atoms with Gasteiger partial charge in [0.1, 0.15) is 0 Å². The van der Waals surface area contributed by atoms with Crippen LogP contribution in [0.15, 0.2) is 24.4 Å². The molecule has 0 saturated carbocycles. The second-order valence-electron chi connectivity index (χ2n) is 5.42. The number of aromatic nitrogens is 1. The average molecular weight is 224 g/mol. The predicted octanol–water partition coefficient (Wildman–Crippen LogP) is 3.39. The van der Waals surface area contributed by atoms with Crippen LogP contribution in [0, 0.1) is 11.3 Å². The minimum absolute atomic E-state index is 0.399. The van der Waals surface area contributed by atoms with E-state index in [0.29, 0.717) is 0 Å². The Morgan fingerprint density at radius 1 is 1.35 bits per heavy atom. The molecule has 2 aromatic rings. The van der Waals surface area contributed by atoms with Gasteiger partial charge in [0.25, 0.3) is 0 Å². The van der Waals surface area contributed by atoms with E-state index in [4.69, 9.17) is 0 Å². The smallest absolute Gasteiger partial charge is 0.0766 e. The Balaban J connectivity index is 2.29. The third-order valence-corrected chi connectivity index (χ3v) is 3.79. The lowest BCUT2D eigenvalue weighted by atomic mass is 9.84. The fourth-order valence-electron chi connectivity index (χ4n) is 2.68. The lowest BCUT2D eigenvalue weighted by Gasteiger charge is -2.21. The summed E-state index contributed by atoms with van der Waals surface area (Å²) in [6.45, 7) is 5.10. The molecule has 17 heavy (non-hydrogen) atoms. The fourth-order valence-corrected chi connectivity index (χ4v) is 2.68. The molecular weight excluding hydrogens is 208 g/mol. The van der Waals surface area contributed by atoms with E-state index in [2.05, 4.69) is 35.0 Å². The minimum atomic E-state index is -0.399. The Kier molecular flexibility index (Phi) is 2.06. The molecule has 2 nitrogen and oxygen atoms in total. The van der Waals surface area contributed by atoms with Crippen molar-refractivity contribution >= 4 is 10.9 Å². The van der Waals surface area contributed by atoms with Crippen LogP contribution in [0.5, 0.6) is 0 Å². The quantitative estimate of drug-likeness (QED) is 0.730. The van der Waals surface area contributed by atoms with E-state index in [9.17, 15) is 5.26 Å². The molecule has 0 amide bonds. The molecule has 0 bridgehead atoms. The van der Waals surface area contributed by atoms with Crippen LogP contribution in [0.4, 0.5) is 0 Å². The lowest BCUT2D eigenvalue weighted by molar-refractivity contribution is 0.631. The third-order valence-electron chi connectivity index (χ3n) is 3.79. The highest BCUT2D eigenvalue weighted by Crippen LogP contribution is 2.32. The van der Waals surface area contributed by atoms with E-state index in [1.54, 1.807) is 0 Å². The highest BCUT2D eigenvalue weighted by Gasteiger charge is 2.23. The summed E-state index contributed by atoms with van der Waals surface area (Å²) in [5, 5.41) is 10.5. The standard InChI is InChI=1S/C15H16N2/c1-15(2,10-16)13-8-11-4-3-6-17-7-5-12(9-13)14(11)17/h5,7-9H,3-4,6H2,1-2H3. The van der Waals surface area contributed by atoms with Crippen molar-refractivity contribution in [3.05, 3.63) is 35.5 Å². The zero-order valence-corrected chi connectivity index (χ0v) is 10.3. The maximum atomic E-state index is 9.25. The molecule has 0 spiro atoms. The van der Waals surface area contributed by atoms with Crippen LogP contribution in [0.2, 0.25) is 0 Å². The monoisotopic (exact) mass is 224 g/mol. The highest BCUT2D eigenvalue weighted by molar-refractivity contribution is 5.85. The third kappa shape index (κ3) is 1.46. The number of benzene rings is 1. The summed E-state index contributed by atoms with van der Waals surface area (Å²) in [6.07, 6.45) is 4.50. The van der Waals surface area contributed by atoms with Crippen molar-refractivity contribution in [1.82, 2.24) is 4.57 Å². The molecule has 0 atom stereocenters. The molecule has 0 unspecified atom stereocenters. The first kappa shape index (κ1) is 10.4. The zero-order valence-electron chi connectivity index (χ0n) is 10.3. The van der Waals surface area contributed by atoms with Gasteiger partial charge >= 0.3 is 0 Å². The molecule has 1 aliphatic rings. The normalized spacial score (nSPS) is 14.9. The van der Waals surface area contributed by atoms with Crippen molar-refractivity contribution in [1.29, 1.82) is 5.26 Å². The molecule has 0 radical (unpaired) electrons. The predicted molar refractivity (Wildman–Crippen MR) is 68.9 cm³/mol. The van der Waals surface area contributed by atoms with Crippen molar-refractivity contribution in [3.8, 4) is 6.07 Å². The first-order valence-electron chi connectivity index (χ1n) is 6.15. The number of rotatable bonds is 1. The van der Waals surface area contributed by atoms with E-state index < -0.39 is 5.41 Å². The van der Waals surface area contributed by atoms with Crippen molar-refractivity contribution in [2.24, 2.45) is 0 Å². The summed E-state index contributed by atoms with van der Waals surface area (Å²) in [5.74, 6) is 0. The van der Waals surface area contributed by atoms with Crippen molar-refractivity contribution < 1.29 is 0 Å². The Hall–Kier alpha value is -1.75. The molecule has 0 fully saturated rings. The summed E-state index contributed by atoms with van der Waals surface area (Å²) in [5.41, 5.74) is 3.51. The molecule has 3 rings (SSSR count). The van der Waals surface area contributed by atoms with E-state index in [-0.39, 0.29) is 0 Å². The van der Waals surface area contributed by atoms with Gasteiger partial charge in [-0.25, -0.2) is 0 Å². The zero-order chi connectivity index (χ0) is 12.0. The first-order valence-corrected chi connectivity index (χ1v) is 6.15. The van der Waals surface area contributed by atoms with Gasteiger partial charge in [0, 0.05) is 18.1 Å². The highest BCUT2D eigenvalue weighted by atomic mass is 15.0. The summed E-state index contributed by atoms with van der Waals surface area (Å²) in [6, 6.07) is 8.95. The van der Waals surface area contributed by atoms with E-state index >= 15 is 0 Å². The van der Waals surface area contributed by atoms with Gasteiger partial charge in [0.2, 0.25) is 0 Å². The Bertz CT molecular complexity index is 626. The van der Waals surface area contributed by atoms with Gasteiger partial charge in [-0.15, -0.1) is 0 Å². The SMILES string of the molecule is CC(C)(C#N)c1cc2c3c(ccn3CCC2)c1. The van der Waals surface area contributed by atoms with E-state index in [0.717, 1.165) is 18.5 Å². The summed E-state index contributed by atoms with van der Waals surface area (Å²) in [4.78, 5) is 0. The average Bonchev–Trinajstić information content (AvgIpc) is 2.75. The molecule has 86 valence electrons. The molecule has 2 heteroatoms. The van der Waals surface area contributed by atoms with Gasteiger partial charge < -0.3 is 4.57 Å². The molecule has 0 aliphatic carbocycles. The minimum Gasteiger partial charge on any atom is -0.347 e. The van der Waals surface area contributed by atoms with Crippen LogP contribution in [0.3, 0.4) is 0 Å². The molecule has 1 aliphatic heterocycles. The van der Waals surface area contributed by atoms with Gasteiger partial charge in [0.05, 0.1) is 17.0 Å². The number of nitriles is 1. The summed E-state index contributed by atoms with van der Waals surface area (Å²) in [7, 11) is 0. The van der Waals surface area contributed by atoms with E-state index in [1.807, 2.05) is 13.8 Å². The summed E-state index contributed by atoms with van der Waals surface area (Å²) >= 11 is 0. The Morgan fingerprint density at radius 2 is 2.18 bits per heavy atom. The molecule has 1 aromatic heterocycles. The number of aryl methyl sites for hydroxylation is 2.